The van der Waals surface area contributed by atoms with E-state index in [2.05, 4.69) is 0 Å². The smallest absolute Gasteiger partial charge is 0.328 e. The molecule has 0 radical (unpaired) electrons. The molecule has 148 valence electrons. The van der Waals surface area contributed by atoms with Crippen molar-refractivity contribution in [3.63, 3.8) is 0 Å². The Balaban J connectivity index is 2.23. The van der Waals surface area contributed by atoms with Crippen molar-refractivity contribution in [3.05, 3.63) is 56.9 Å². The number of anilines is 1. The number of sulfonamides is 1. The molecule has 1 N–H and O–H groups in total. The van der Waals surface area contributed by atoms with Crippen molar-refractivity contribution in [2.75, 3.05) is 10.8 Å². The number of halogens is 2. The quantitative estimate of drug-likeness (QED) is 0.652. The van der Waals surface area contributed by atoms with Gasteiger partial charge in [0.25, 0.3) is 10.0 Å². The first-order chi connectivity index (χ1) is 13.0. The molecule has 8 nitrogen and oxygen atoms in total. The molecule has 0 aliphatic heterocycles. The highest BCUT2D eigenvalue weighted by Crippen LogP contribution is 2.29. The second kappa shape index (κ2) is 7.16. The number of aliphatic carboxylic acids is 1. The lowest BCUT2D eigenvalue weighted by atomic mass is 10.2. The van der Waals surface area contributed by atoms with Crippen LogP contribution in [0.1, 0.15) is 0 Å². The second-order valence-corrected chi connectivity index (χ2v) is 8.82. The maximum Gasteiger partial charge on any atom is 0.328 e. The molecule has 0 aliphatic rings. The lowest BCUT2D eigenvalue weighted by Crippen LogP contribution is -2.35. The topological polar surface area (TPSA) is 102 Å². The Hall–Kier alpha value is -2.49. The van der Waals surface area contributed by atoms with Crippen molar-refractivity contribution in [3.8, 4) is 0 Å². The molecule has 11 heteroatoms. The number of rotatable bonds is 5. The number of fused-ring (bicyclic) bond motifs is 1. The number of carbonyl (C=O) groups is 1. The molecule has 28 heavy (non-hydrogen) atoms. The van der Waals surface area contributed by atoms with Crippen molar-refractivity contribution in [1.82, 2.24) is 9.13 Å². The molecule has 0 unspecified atom stereocenters. The Labute approximate surface area is 170 Å². The number of benzene rings is 2. The number of nitrogens with zero attached hydrogens (tertiary/aromatic N) is 3. The average molecular weight is 444 g/mol. The molecule has 0 atom stereocenters. The minimum absolute atomic E-state index is 0.0900. The number of hydrogen-bond acceptors (Lipinski definition) is 4. The highest BCUT2D eigenvalue weighted by molar-refractivity contribution is 7.92. The molecule has 3 rings (SSSR count). The average Bonchev–Trinajstić information content (AvgIpc) is 2.82. The van der Waals surface area contributed by atoms with Gasteiger partial charge in [0.15, 0.2) is 0 Å². The SMILES string of the molecule is Cn1c(=O)n(C)c2cc(N(CC(=O)O)S(=O)(=O)c3cc(Cl)cc(Cl)c3)ccc21. The molecule has 0 spiro atoms. The summed E-state index contributed by atoms with van der Waals surface area (Å²) in [5.74, 6) is -1.35. The summed E-state index contributed by atoms with van der Waals surface area (Å²) < 4.78 is 29.8. The zero-order valence-corrected chi connectivity index (χ0v) is 17.1. The molecule has 0 aliphatic carbocycles. The third kappa shape index (κ3) is 3.48. The number of aryl methyl sites for hydroxylation is 2. The van der Waals surface area contributed by atoms with E-state index in [1.807, 2.05) is 0 Å². The zero-order chi connectivity index (χ0) is 20.8. The van der Waals surface area contributed by atoms with Gasteiger partial charge in [0.2, 0.25) is 0 Å². The van der Waals surface area contributed by atoms with Crippen LogP contribution >= 0.6 is 23.2 Å². The highest BCUT2D eigenvalue weighted by Gasteiger charge is 2.28. The van der Waals surface area contributed by atoms with E-state index in [1.165, 1.54) is 39.5 Å². The fourth-order valence-electron chi connectivity index (χ4n) is 2.89. The molecule has 1 aromatic heterocycles. The van der Waals surface area contributed by atoms with Crippen molar-refractivity contribution in [2.45, 2.75) is 4.90 Å². The van der Waals surface area contributed by atoms with Gasteiger partial charge in [0.05, 0.1) is 21.6 Å². The monoisotopic (exact) mass is 443 g/mol. The standard InChI is InChI=1S/C17H15Cl2N3O5S/c1-20-14-4-3-12(8-15(14)21(2)17(20)25)22(9-16(23)24)28(26,27)13-6-10(18)5-11(19)7-13/h3-8H,9H2,1-2H3,(H,23,24). The third-order valence-corrected chi connectivity index (χ3v) is 6.43. The summed E-state index contributed by atoms with van der Waals surface area (Å²) in [6, 6.07) is 8.19. The maximum atomic E-state index is 13.1. The summed E-state index contributed by atoms with van der Waals surface area (Å²) in [7, 11) is -1.16. The predicted octanol–water partition coefficient (Wildman–Crippen LogP) is 2.46. The Morgan fingerprint density at radius 1 is 1.04 bits per heavy atom. The molecule has 0 fully saturated rings. The van der Waals surface area contributed by atoms with Gasteiger partial charge in [-0.15, -0.1) is 0 Å². The van der Waals surface area contributed by atoms with Crippen LogP contribution in [0.3, 0.4) is 0 Å². The fraction of sp³-hybridized carbons (Fsp3) is 0.176. The summed E-state index contributed by atoms with van der Waals surface area (Å²) in [5.41, 5.74) is 0.836. The van der Waals surface area contributed by atoms with E-state index >= 15 is 0 Å². The van der Waals surface area contributed by atoms with Gasteiger partial charge in [-0.1, -0.05) is 23.2 Å². The van der Waals surface area contributed by atoms with E-state index in [0.717, 1.165) is 4.31 Å². The number of carboxylic acid groups (broad SMARTS) is 1. The van der Waals surface area contributed by atoms with Crippen LogP contribution in [-0.4, -0.2) is 35.2 Å². The largest absolute Gasteiger partial charge is 0.480 e. The van der Waals surface area contributed by atoms with E-state index < -0.39 is 22.5 Å². The Morgan fingerprint density at radius 3 is 2.18 bits per heavy atom. The van der Waals surface area contributed by atoms with Crippen molar-refractivity contribution < 1.29 is 18.3 Å². The van der Waals surface area contributed by atoms with E-state index in [1.54, 1.807) is 20.2 Å². The molecule has 0 bridgehead atoms. The summed E-state index contributed by atoms with van der Waals surface area (Å²) >= 11 is 11.8. The normalized spacial score (nSPS) is 11.7. The minimum Gasteiger partial charge on any atom is -0.480 e. The summed E-state index contributed by atoms with van der Waals surface area (Å²) in [4.78, 5) is 23.2. The predicted molar refractivity (Wildman–Crippen MR) is 107 cm³/mol. The molecule has 0 saturated carbocycles. The molecule has 0 saturated heterocycles. The van der Waals surface area contributed by atoms with Crippen LogP contribution in [0.15, 0.2) is 46.1 Å². The Morgan fingerprint density at radius 2 is 1.61 bits per heavy atom. The van der Waals surface area contributed by atoms with Gasteiger partial charge in [0.1, 0.15) is 6.54 Å². The minimum atomic E-state index is -4.29. The summed E-state index contributed by atoms with van der Waals surface area (Å²) in [6.07, 6.45) is 0. The van der Waals surface area contributed by atoms with Crippen molar-refractivity contribution in [2.24, 2.45) is 14.1 Å². The highest BCUT2D eigenvalue weighted by atomic mass is 35.5. The summed E-state index contributed by atoms with van der Waals surface area (Å²) in [5, 5.41) is 9.46. The van der Waals surface area contributed by atoms with Gasteiger partial charge in [-0.05, 0) is 36.4 Å². The molecule has 3 aromatic rings. The van der Waals surface area contributed by atoms with Gasteiger partial charge in [-0.2, -0.15) is 0 Å². The Kier molecular flexibility index (Phi) is 5.18. The lowest BCUT2D eigenvalue weighted by Gasteiger charge is -2.23. The van der Waals surface area contributed by atoms with E-state index in [9.17, 15) is 23.1 Å². The van der Waals surface area contributed by atoms with Gasteiger partial charge in [-0.3, -0.25) is 18.2 Å². The van der Waals surface area contributed by atoms with Crippen LogP contribution in [0.5, 0.6) is 0 Å². The van der Waals surface area contributed by atoms with Gasteiger partial charge < -0.3 is 5.11 Å². The number of carboxylic acids is 1. The first-order valence-electron chi connectivity index (χ1n) is 7.88. The maximum absolute atomic E-state index is 13.1. The van der Waals surface area contributed by atoms with Gasteiger partial charge in [0, 0.05) is 24.1 Å². The van der Waals surface area contributed by atoms with Crippen LogP contribution in [0.25, 0.3) is 11.0 Å². The first kappa shape index (κ1) is 20.2. The molecule has 0 amide bonds. The van der Waals surface area contributed by atoms with E-state index in [4.69, 9.17) is 23.2 Å². The third-order valence-electron chi connectivity index (χ3n) is 4.25. The van der Waals surface area contributed by atoms with Gasteiger partial charge >= 0.3 is 11.7 Å². The van der Waals surface area contributed by atoms with Crippen LogP contribution < -0.4 is 9.99 Å². The first-order valence-corrected chi connectivity index (χ1v) is 10.1. The number of imidazole rings is 1. The van der Waals surface area contributed by atoms with E-state index in [0.29, 0.717) is 11.0 Å². The van der Waals surface area contributed by atoms with Crippen molar-refractivity contribution >= 4 is 55.9 Å². The number of hydrogen-bond donors (Lipinski definition) is 1. The van der Waals surface area contributed by atoms with Crippen LogP contribution in [0, 0.1) is 0 Å². The van der Waals surface area contributed by atoms with Crippen LogP contribution in [-0.2, 0) is 28.9 Å². The van der Waals surface area contributed by atoms with Crippen molar-refractivity contribution in [1.29, 1.82) is 0 Å². The second-order valence-electron chi connectivity index (χ2n) is 6.08. The molecular weight excluding hydrogens is 429 g/mol. The fourth-order valence-corrected chi connectivity index (χ4v) is 5.03. The molecule has 1 heterocycles. The van der Waals surface area contributed by atoms with E-state index in [-0.39, 0.29) is 26.3 Å². The van der Waals surface area contributed by atoms with Crippen LogP contribution in [0.4, 0.5) is 5.69 Å². The lowest BCUT2D eigenvalue weighted by molar-refractivity contribution is -0.135. The molecule has 2 aromatic carbocycles. The molecular formula is C17H15Cl2N3O5S. The zero-order valence-electron chi connectivity index (χ0n) is 14.8. The summed E-state index contributed by atoms with van der Waals surface area (Å²) in [6.45, 7) is -0.821. The van der Waals surface area contributed by atoms with Gasteiger partial charge in [-0.25, -0.2) is 13.2 Å². The number of aromatic nitrogens is 2. The van der Waals surface area contributed by atoms with Crippen LogP contribution in [0.2, 0.25) is 10.0 Å². The Bertz CT molecular complexity index is 1240.